The highest BCUT2D eigenvalue weighted by atomic mass is 19.1. The van der Waals surface area contributed by atoms with Crippen molar-refractivity contribution in [2.45, 2.75) is 31.7 Å². The number of nitrogens with zero attached hydrogens (tertiary/aromatic N) is 1. The molecule has 5 nitrogen and oxygen atoms in total. The molecule has 0 unspecified atom stereocenters. The van der Waals surface area contributed by atoms with Gasteiger partial charge >= 0.3 is 5.97 Å². The van der Waals surface area contributed by atoms with Crippen molar-refractivity contribution >= 4 is 11.9 Å². The molecule has 120 valence electrons. The van der Waals surface area contributed by atoms with Gasteiger partial charge in [-0.25, -0.2) is 4.39 Å². The molecule has 1 aromatic rings. The summed E-state index contributed by atoms with van der Waals surface area (Å²) >= 11 is 0. The first-order valence-electron chi connectivity index (χ1n) is 7.39. The molecule has 1 heterocycles. The minimum absolute atomic E-state index is 0.00541. The van der Waals surface area contributed by atoms with Gasteiger partial charge in [-0.2, -0.15) is 0 Å². The van der Waals surface area contributed by atoms with Crippen LogP contribution in [0, 0.1) is 5.82 Å². The average Bonchev–Trinajstić information content (AvgIpc) is 2.48. The number of ether oxygens (including phenoxy) is 1. The molecule has 0 atom stereocenters. The molecule has 0 spiro atoms. The fourth-order valence-corrected chi connectivity index (χ4v) is 2.65. The normalized spacial score (nSPS) is 15.5. The van der Waals surface area contributed by atoms with Crippen LogP contribution in [0.25, 0.3) is 0 Å². The minimum Gasteiger partial charge on any atom is -0.481 e. The van der Waals surface area contributed by atoms with Crippen molar-refractivity contribution in [3.63, 3.8) is 0 Å². The van der Waals surface area contributed by atoms with Crippen molar-refractivity contribution in [2.24, 2.45) is 0 Å². The van der Waals surface area contributed by atoms with Crippen LogP contribution in [0.15, 0.2) is 24.3 Å². The van der Waals surface area contributed by atoms with Crippen LogP contribution in [0.3, 0.4) is 0 Å². The molecule has 1 aliphatic heterocycles. The van der Waals surface area contributed by atoms with E-state index in [1.165, 1.54) is 12.1 Å². The topological polar surface area (TPSA) is 66.8 Å². The van der Waals surface area contributed by atoms with E-state index in [2.05, 4.69) is 0 Å². The molecular weight excluding hydrogens is 289 g/mol. The van der Waals surface area contributed by atoms with Crippen LogP contribution < -0.4 is 0 Å². The van der Waals surface area contributed by atoms with Crippen molar-refractivity contribution in [1.29, 1.82) is 0 Å². The van der Waals surface area contributed by atoms with Gasteiger partial charge in [0.2, 0.25) is 5.91 Å². The summed E-state index contributed by atoms with van der Waals surface area (Å²) in [5.41, 5.74) is 0.595. The zero-order chi connectivity index (χ0) is 15.9. The Hall–Kier alpha value is -1.95. The molecule has 0 bridgehead atoms. The smallest absolute Gasteiger partial charge is 0.305 e. The zero-order valence-electron chi connectivity index (χ0n) is 12.3. The number of amides is 1. The Morgan fingerprint density at radius 1 is 1.32 bits per heavy atom. The number of benzene rings is 1. The van der Waals surface area contributed by atoms with Crippen LogP contribution >= 0.6 is 0 Å². The van der Waals surface area contributed by atoms with E-state index in [4.69, 9.17) is 9.84 Å². The van der Waals surface area contributed by atoms with E-state index in [9.17, 15) is 14.0 Å². The van der Waals surface area contributed by atoms with Crippen LogP contribution in [-0.4, -0.2) is 47.7 Å². The summed E-state index contributed by atoms with van der Waals surface area (Å²) in [6.07, 6.45) is 1.39. The first kappa shape index (κ1) is 16.4. The lowest BCUT2D eigenvalue weighted by atomic mass is 10.0. The van der Waals surface area contributed by atoms with Gasteiger partial charge in [-0.15, -0.1) is 0 Å². The average molecular weight is 309 g/mol. The van der Waals surface area contributed by atoms with Crippen LogP contribution in [0.2, 0.25) is 0 Å². The summed E-state index contributed by atoms with van der Waals surface area (Å²) in [5, 5.41) is 8.86. The van der Waals surface area contributed by atoms with Crippen LogP contribution in [0.5, 0.6) is 0 Å². The highest BCUT2D eigenvalue weighted by molar-refractivity contribution is 5.79. The summed E-state index contributed by atoms with van der Waals surface area (Å²) in [7, 11) is 0. The molecule has 1 saturated heterocycles. The van der Waals surface area contributed by atoms with Gasteiger partial charge < -0.3 is 14.7 Å². The lowest BCUT2D eigenvalue weighted by molar-refractivity contribution is -0.140. The number of hydrogen-bond acceptors (Lipinski definition) is 3. The lowest BCUT2D eigenvalue weighted by Gasteiger charge is -2.34. The molecule has 1 aliphatic rings. The number of halogens is 1. The van der Waals surface area contributed by atoms with Crippen LogP contribution in [-0.2, 0) is 20.7 Å². The predicted octanol–water partition coefficient (Wildman–Crippen LogP) is 1.85. The second kappa shape index (κ2) is 7.89. The number of carboxylic acid groups (broad SMARTS) is 1. The number of carboxylic acids is 1. The quantitative estimate of drug-likeness (QED) is 0.871. The molecular formula is C16H20FNO4. The SMILES string of the molecule is O=C(O)CCN(C(=O)Cc1cccc(F)c1)C1CCOCC1. The van der Waals surface area contributed by atoms with E-state index < -0.39 is 5.97 Å². The van der Waals surface area contributed by atoms with E-state index in [1.54, 1.807) is 17.0 Å². The van der Waals surface area contributed by atoms with Gasteiger partial charge in [-0.05, 0) is 30.5 Å². The fraction of sp³-hybridized carbons (Fsp3) is 0.500. The number of carbonyl (C=O) groups excluding carboxylic acids is 1. The maximum absolute atomic E-state index is 13.2. The number of hydrogen-bond donors (Lipinski definition) is 1. The maximum Gasteiger partial charge on any atom is 0.305 e. The summed E-state index contributed by atoms with van der Waals surface area (Å²) in [5.74, 6) is -1.48. The van der Waals surface area contributed by atoms with Crippen molar-refractivity contribution in [1.82, 2.24) is 4.90 Å². The number of aliphatic carboxylic acids is 1. The maximum atomic E-state index is 13.2. The Bertz CT molecular complexity index is 529. The third-order valence-electron chi connectivity index (χ3n) is 3.76. The van der Waals surface area contributed by atoms with Crippen LogP contribution in [0.1, 0.15) is 24.8 Å². The first-order valence-corrected chi connectivity index (χ1v) is 7.39. The van der Waals surface area contributed by atoms with E-state index in [0.29, 0.717) is 31.6 Å². The van der Waals surface area contributed by atoms with Crippen molar-refractivity contribution < 1.29 is 23.8 Å². The Kier molecular flexibility index (Phi) is 5.89. The van der Waals surface area contributed by atoms with Gasteiger partial charge in [0.15, 0.2) is 0 Å². The molecule has 2 rings (SSSR count). The third-order valence-corrected chi connectivity index (χ3v) is 3.76. The monoisotopic (exact) mass is 309 g/mol. The molecule has 1 amide bonds. The van der Waals surface area contributed by atoms with Gasteiger partial charge in [-0.1, -0.05) is 12.1 Å². The second-order valence-corrected chi connectivity index (χ2v) is 5.38. The summed E-state index contributed by atoms with van der Waals surface area (Å²) < 4.78 is 18.5. The van der Waals surface area contributed by atoms with E-state index in [-0.39, 0.29) is 37.2 Å². The lowest BCUT2D eigenvalue weighted by Crippen LogP contribution is -2.45. The molecule has 0 radical (unpaired) electrons. The van der Waals surface area contributed by atoms with Crippen molar-refractivity contribution in [3.8, 4) is 0 Å². The van der Waals surface area contributed by atoms with E-state index >= 15 is 0 Å². The van der Waals surface area contributed by atoms with Crippen molar-refractivity contribution in [3.05, 3.63) is 35.6 Å². The molecule has 6 heteroatoms. The Labute approximate surface area is 128 Å². The summed E-state index contributed by atoms with van der Waals surface area (Å²) in [4.78, 5) is 24.9. The second-order valence-electron chi connectivity index (χ2n) is 5.38. The summed E-state index contributed by atoms with van der Waals surface area (Å²) in [6.45, 7) is 1.32. The van der Waals surface area contributed by atoms with Gasteiger partial charge in [-0.3, -0.25) is 9.59 Å². The highest BCUT2D eigenvalue weighted by Gasteiger charge is 2.26. The number of carbonyl (C=O) groups is 2. The molecule has 1 N–H and O–H groups in total. The van der Waals surface area contributed by atoms with Crippen molar-refractivity contribution in [2.75, 3.05) is 19.8 Å². The molecule has 22 heavy (non-hydrogen) atoms. The Morgan fingerprint density at radius 3 is 2.68 bits per heavy atom. The van der Waals surface area contributed by atoms with E-state index in [1.807, 2.05) is 0 Å². The molecule has 0 saturated carbocycles. The molecule has 1 fully saturated rings. The highest BCUT2D eigenvalue weighted by Crippen LogP contribution is 2.17. The first-order chi connectivity index (χ1) is 10.6. The van der Waals surface area contributed by atoms with E-state index in [0.717, 1.165) is 0 Å². The zero-order valence-corrected chi connectivity index (χ0v) is 12.3. The standard InChI is InChI=1S/C16H20FNO4/c17-13-3-1-2-12(10-13)11-15(19)18(7-4-16(20)21)14-5-8-22-9-6-14/h1-3,10,14H,4-9,11H2,(H,20,21). The number of rotatable bonds is 6. The molecule has 1 aromatic carbocycles. The predicted molar refractivity (Wildman–Crippen MR) is 77.9 cm³/mol. The van der Waals surface area contributed by atoms with Crippen LogP contribution in [0.4, 0.5) is 4.39 Å². The van der Waals surface area contributed by atoms with Gasteiger partial charge in [0.1, 0.15) is 5.82 Å². The third kappa shape index (κ3) is 4.80. The van der Waals surface area contributed by atoms with Gasteiger partial charge in [0.05, 0.1) is 12.8 Å². The Balaban J connectivity index is 2.05. The fourth-order valence-electron chi connectivity index (χ4n) is 2.65. The molecule has 0 aliphatic carbocycles. The van der Waals surface area contributed by atoms with Gasteiger partial charge in [0.25, 0.3) is 0 Å². The Morgan fingerprint density at radius 2 is 2.05 bits per heavy atom. The van der Waals surface area contributed by atoms with Gasteiger partial charge in [0, 0.05) is 25.8 Å². The molecule has 0 aromatic heterocycles. The largest absolute Gasteiger partial charge is 0.481 e. The minimum atomic E-state index is -0.935. The summed E-state index contributed by atoms with van der Waals surface area (Å²) in [6, 6.07) is 5.91.